The third kappa shape index (κ3) is 3.53. The summed E-state index contributed by atoms with van der Waals surface area (Å²) in [5.41, 5.74) is 0.993. The second kappa shape index (κ2) is 5.66. The fraction of sp³-hybridized carbons (Fsp3) is 0.0769. The van der Waals surface area contributed by atoms with Crippen LogP contribution in [0.4, 0.5) is 0 Å². The maximum absolute atomic E-state index is 8.67. The number of para-hydroxylation sites is 3. The molecule has 0 spiro atoms. The van der Waals surface area contributed by atoms with Gasteiger partial charge in [0.15, 0.2) is 11.5 Å². The van der Waals surface area contributed by atoms with E-state index >= 15 is 0 Å². The number of hydrogen-bond donors (Lipinski definition) is 3. The lowest BCUT2D eigenvalue weighted by Gasteiger charge is -1.92. The van der Waals surface area contributed by atoms with Crippen LogP contribution in [0.1, 0.15) is 5.56 Å². The van der Waals surface area contributed by atoms with Crippen molar-refractivity contribution in [1.29, 1.82) is 1.43 Å². The van der Waals surface area contributed by atoms with E-state index < -0.39 is 0 Å². The molecule has 3 nitrogen and oxygen atoms in total. The lowest BCUT2D eigenvalue weighted by molar-refractivity contribution is 0.404. The number of rotatable bonds is 1. The van der Waals surface area contributed by atoms with E-state index in [9.17, 15) is 0 Å². The minimum atomic E-state index is -0.0764. The van der Waals surface area contributed by atoms with Crippen molar-refractivity contribution in [2.24, 2.45) is 0 Å². The van der Waals surface area contributed by atoms with Crippen molar-refractivity contribution in [2.45, 2.75) is 6.92 Å². The summed E-state index contributed by atoms with van der Waals surface area (Å²) in [6.07, 6.45) is 0. The second-order valence-corrected chi connectivity index (χ2v) is 3.25. The Morgan fingerprint density at radius 2 is 1.25 bits per heavy atom. The van der Waals surface area contributed by atoms with Gasteiger partial charge in [-0.25, -0.2) is 0 Å². The Morgan fingerprint density at radius 1 is 0.812 bits per heavy atom. The normalized spacial score (nSPS) is 9.69. The van der Waals surface area contributed by atoms with Gasteiger partial charge in [0.25, 0.3) is 1.43 Å². The first-order valence-corrected chi connectivity index (χ1v) is 4.81. The monoisotopic (exact) mass is 219 g/mol. The molecule has 0 unspecified atom stereocenters. The van der Waals surface area contributed by atoms with Gasteiger partial charge in [0.2, 0.25) is 0 Å². The highest BCUT2D eigenvalue weighted by Crippen LogP contribution is 2.21. The SMILES string of the molecule is Oc1ccccc1O.[2H]Oc1ccccc1C. The summed E-state index contributed by atoms with van der Waals surface area (Å²) in [7, 11) is 0. The van der Waals surface area contributed by atoms with E-state index in [0.717, 1.165) is 5.56 Å². The molecule has 0 aliphatic carbocycles. The average molecular weight is 219 g/mol. The van der Waals surface area contributed by atoms with Gasteiger partial charge in [-0.3, -0.25) is 0 Å². The molecule has 0 bridgehead atoms. The molecule has 0 atom stereocenters. The van der Waals surface area contributed by atoms with Crippen LogP contribution < -0.4 is 0 Å². The smallest absolute Gasteiger partial charge is 0.293 e. The quantitative estimate of drug-likeness (QED) is 0.646. The second-order valence-electron chi connectivity index (χ2n) is 3.25. The van der Waals surface area contributed by atoms with Crippen LogP contribution in [0.25, 0.3) is 0 Å². The predicted octanol–water partition coefficient (Wildman–Crippen LogP) is 2.80. The number of phenols is 3. The maximum Gasteiger partial charge on any atom is 0.293 e. The molecule has 0 amide bonds. The van der Waals surface area contributed by atoms with Crippen LogP contribution in [-0.4, -0.2) is 16.8 Å². The van der Waals surface area contributed by atoms with Crippen molar-refractivity contribution >= 4 is 0 Å². The van der Waals surface area contributed by atoms with Crippen molar-refractivity contribution < 1.29 is 15.3 Å². The van der Waals surface area contributed by atoms with Crippen molar-refractivity contribution in [3.05, 3.63) is 54.1 Å². The van der Waals surface area contributed by atoms with Crippen LogP contribution in [0, 0.1) is 6.92 Å². The molecule has 0 heterocycles. The van der Waals surface area contributed by atoms with E-state index in [2.05, 4.69) is 5.11 Å². The number of aromatic hydroxyl groups is 3. The Hall–Kier alpha value is -2.16. The van der Waals surface area contributed by atoms with E-state index in [1.807, 2.05) is 25.1 Å². The van der Waals surface area contributed by atoms with Crippen molar-refractivity contribution in [3.8, 4) is 17.2 Å². The van der Waals surface area contributed by atoms with E-state index in [1.165, 1.54) is 12.1 Å². The molecule has 0 aliphatic rings. The first-order valence-electron chi connectivity index (χ1n) is 5.21. The third-order valence-electron chi connectivity index (χ3n) is 1.98. The van der Waals surface area contributed by atoms with Crippen LogP contribution >= 0.6 is 0 Å². The molecule has 0 aromatic heterocycles. The lowest BCUT2D eigenvalue weighted by Crippen LogP contribution is -1.68. The van der Waals surface area contributed by atoms with Gasteiger partial charge in [0.05, 0.1) is 0 Å². The summed E-state index contributed by atoms with van der Waals surface area (Å²) in [6, 6.07) is 13.6. The molecule has 0 saturated carbocycles. The highest BCUT2D eigenvalue weighted by atomic mass is 16.3. The zero-order valence-electron chi connectivity index (χ0n) is 9.92. The topological polar surface area (TPSA) is 60.7 Å². The van der Waals surface area contributed by atoms with Crippen LogP contribution in [-0.2, 0) is 0 Å². The van der Waals surface area contributed by atoms with Crippen LogP contribution in [0.2, 0.25) is 0 Å². The lowest BCUT2D eigenvalue weighted by atomic mass is 10.2. The standard InChI is InChI=1S/C7H8O.C6H6O2/c1-6-4-2-3-5-7(6)8;7-5-3-1-2-4-6(5)8/h2-5,8H,1H3;1-4,7-8H/i/hD. The Morgan fingerprint density at radius 3 is 1.56 bits per heavy atom. The highest BCUT2D eigenvalue weighted by molar-refractivity contribution is 5.36. The summed E-state index contributed by atoms with van der Waals surface area (Å²) in [5.74, 6) is 0.470. The fourth-order valence-corrected chi connectivity index (χ4v) is 1.02. The molecule has 16 heavy (non-hydrogen) atoms. The van der Waals surface area contributed by atoms with E-state index in [4.69, 9.17) is 11.6 Å². The minimum Gasteiger partial charge on any atom is -0.508 e. The van der Waals surface area contributed by atoms with E-state index in [0.29, 0.717) is 5.75 Å². The van der Waals surface area contributed by atoms with E-state index in [1.54, 1.807) is 18.2 Å². The molecule has 2 aromatic rings. The van der Waals surface area contributed by atoms with Gasteiger partial charge in [-0.05, 0) is 30.7 Å². The van der Waals surface area contributed by atoms with Crippen molar-refractivity contribution in [3.63, 3.8) is 0 Å². The van der Waals surface area contributed by atoms with Crippen LogP contribution in [0.15, 0.2) is 48.5 Å². The molecule has 2 aromatic carbocycles. The molecule has 84 valence electrons. The van der Waals surface area contributed by atoms with Gasteiger partial charge in [-0.1, -0.05) is 30.3 Å². The van der Waals surface area contributed by atoms with Gasteiger partial charge in [-0.2, -0.15) is 0 Å². The van der Waals surface area contributed by atoms with Gasteiger partial charge in [0, 0.05) is 0 Å². The molecule has 0 saturated heterocycles. The van der Waals surface area contributed by atoms with Gasteiger partial charge in [-0.15, -0.1) is 0 Å². The number of phenolic OH excluding ortho intramolecular Hbond substituents is 3. The maximum atomic E-state index is 8.67. The number of hydrogen-bond acceptors (Lipinski definition) is 3. The zero-order chi connectivity index (χ0) is 12.7. The molecular weight excluding hydrogens is 204 g/mol. The summed E-state index contributed by atoms with van der Waals surface area (Å²) in [6.45, 7) is 1.91. The van der Waals surface area contributed by atoms with Crippen LogP contribution in [0.3, 0.4) is 0 Å². The fourth-order valence-electron chi connectivity index (χ4n) is 1.02. The van der Waals surface area contributed by atoms with Crippen molar-refractivity contribution in [2.75, 3.05) is 0 Å². The predicted molar refractivity (Wildman–Crippen MR) is 62.6 cm³/mol. The summed E-state index contributed by atoms with van der Waals surface area (Å²) >= 11 is 0. The molecule has 0 aliphatic heterocycles. The summed E-state index contributed by atoms with van der Waals surface area (Å²) in [4.78, 5) is 0. The number of aryl methyl sites for hydroxylation is 1. The molecule has 3 N–H and O–H groups in total. The first-order chi connectivity index (χ1) is 8.15. The Kier molecular flexibility index (Phi) is 3.66. The largest absolute Gasteiger partial charge is 0.508 e. The molecule has 0 radical (unpaired) electrons. The van der Waals surface area contributed by atoms with Gasteiger partial charge < -0.3 is 15.3 Å². The van der Waals surface area contributed by atoms with Crippen molar-refractivity contribution in [1.82, 2.24) is 0 Å². The summed E-state index contributed by atoms with van der Waals surface area (Å²) < 4.78 is 6.58. The Balaban J connectivity index is 0.000000171. The first kappa shape index (κ1) is 10.4. The Labute approximate surface area is 95.7 Å². The molecule has 2 rings (SSSR count). The molecular formula is C13H14O3. The Bertz CT molecular complexity index is 451. The molecule has 3 heteroatoms. The summed E-state index contributed by atoms with van der Waals surface area (Å²) in [5, 5.41) is 21.6. The van der Waals surface area contributed by atoms with E-state index in [-0.39, 0.29) is 11.5 Å². The van der Waals surface area contributed by atoms with Crippen LogP contribution in [0.5, 0.6) is 17.2 Å². The third-order valence-corrected chi connectivity index (χ3v) is 1.98. The minimum absolute atomic E-state index is 0.0764. The average Bonchev–Trinajstić information content (AvgIpc) is 2.34. The highest BCUT2D eigenvalue weighted by Gasteiger charge is 1.90. The van der Waals surface area contributed by atoms with Gasteiger partial charge in [0.1, 0.15) is 5.75 Å². The molecule has 0 fully saturated rings. The zero-order valence-corrected chi connectivity index (χ0v) is 8.92. The number of benzene rings is 2. The van der Waals surface area contributed by atoms with Gasteiger partial charge >= 0.3 is 0 Å².